The first-order chi connectivity index (χ1) is 4.24. The van der Waals surface area contributed by atoms with Crippen molar-refractivity contribution in [1.29, 1.82) is 0 Å². The number of rotatable bonds is 0. The van der Waals surface area contributed by atoms with Crippen molar-refractivity contribution in [3.63, 3.8) is 0 Å². The van der Waals surface area contributed by atoms with Crippen molar-refractivity contribution >= 4 is 18.8 Å². The molecule has 0 amide bonds. The van der Waals surface area contributed by atoms with Crippen LogP contribution < -0.4 is 0 Å². The summed E-state index contributed by atoms with van der Waals surface area (Å²) in [5.74, 6) is 0. The first-order valence-corrected chi connectivity index (χ1v) is 6.60. The van der Waals surface area contributed by atoms with Gasteiger partial charge in [0.1, 0.15) is 0 Å². The molecule has 9 heavy (non-hydrogen) atoms. The average Bonchev–Trinajstić information content (AvgIpc) is 1.70. The van der Waals surface area contributed by atoms with Crippen LogP contribution in [0.25, 0.3) is 0 Å². The summed E-state index contributed by atoms with van der Waals surface area (Å²) in [5.41, 5.74) is 0. The number of halogens is 2. The van der Waals surface area contributed by atoms with Crippen molar-refractivity contribution in [2.24, 2.45) is 10.7 Å². The van der Waals surface area contributed by atoms with Gasteiger partial charge in [-0.25, -0.2) is 0 Å². The van der Waals surface area contributed by atoms with E-state index in [4.69, 9.17) is 39.1 Å². The van der Waals surface area contributed by atoms with Gasteiger partial charge in [-0.05, 0) is 0 Å². The molecule has 60 valence electrons. The van der Waals surface area contributed by atoms with E-state index in [1.54, 1.807) is 0 Å². The Morgan fingerprint density at radius 3 is 1.11 bits per heavy atom. The molecule has 0 N–H and O–H groups in total. The molecule has 9 heteroatoms. The van der Waals surface area contributed by atoms with Crippen molar-refractivity contribution < 1.29 is 16.5 Å². The van der Waals surface area contributed by atoms with Gasteiger partial charge in [-0.15, -0.1) is 10.7 Å². The molecule has 0 aromatic rings. The molecule has 0 radical (unpaired) electrons. The molecule has 0 aliphatic heterocycles. The Kier molecular flexibility index (Phi) is 76.3. The van der Waals surface area contributed by atoms with E-state index in [2.05, 4.69) is 0 Å². The predicted octanol–water partition coefficient (Wildman–Crippen LogP) is 1.88. The monoisotopic (exact) mass is 357 g/mol. The molecule has 0 heterocycles. The van der Waals surface area contributed by atoms with E-state index in [-0.39, 0.29) is 0 Å². The van der Waals surface area contributed by atoms with Crippen LogP contribution >= 0.6 is 18.8 Å². The van der Waals surface area contributed by atoms with Gasteiger partial charge in [0.25, 0.3) is 0 Å². The van der Waals surface area contributed by atoms with Crippen LogP contribution in [0.1, 0.15) is 0 Å². The number of hydrogen-bond acceptors (Lipinski definition) is 6. The van der Waals surface area contributed by atoms with E-state index in [9.17, 15) is 0 Å². The van der Waals surface area contributed by atoms with Crippen molar-refractivity contribution in [2.45, 2.75) is 0 Å². The van der Waals surface area contributed by atoms with E-state index in [0.717, 1.165) is 10.7 Å². The number of hydrogen-bond donors (Lipinski definition) is 0. The molecule has 0 unspecified atom stereocenters. The molecule has 0 aliphatic rings. The summed E-state index contributed by atoms with van der Waals surface area (Å²) in [6.45, 7) is 0. The molecule has 6 nitrogen and oxygen atoms in total. The summed E-state index contributed by atoms with van der Waals surface area (Å²) < 4.78 is 0. The van der Waals surface area contributed by atoms with E-state index >= 15 is 0 Å². The van der Waals surface area contributed by atoms with Crippen molar-refractivity contribution in [2.75, 3.05) is 0 Å². The van der Waals surface area contributed by atoms with Gasteiger partial charge in [0.05, 0.1) is 0 Å². The molecular formula is Cl2N2O4Pt-2. The normalized spacial score (nSPS) is 5.11. The zero-order chi connectivity index (χ0) is 8.12. The van der Waals surface area contributed by atoms with E-state index in [1.165, 1.54) is 0 Å². The Bertz CT molecular complexity index is 45.8. The van der Waals surface area contributed by atoms with Gasteiger partial charge in [0, 0.05) is 0 Å². The molecule has 0 bridgehead atoms. The summed E-state index contributed by atoms with van der Waals surface area (Å²) in [5, 5.41) is 18.0. The molecule has 0 aliphatic carbocycles. The van der Waals surface area contributed by atoms with Crippen molar-refractivity contribution in [3.05, 3.63) is 20.2 Å². The minimum atomic E-state index is -0.472. The van der Waals surface area contributed by atoms with Crippen LogP contribution in [-0.4, -0.2) is 0 Å². The van der Waals surface area contributed by atoms with Gasteiger partial charge in [-0.1, -0.05) is 0 Å². The first kappa shape index (κ1) is 16.0. The molecule has 0 aromatic carbocycles. The van der Waals surface area contributed by atoms with Crippen molar-refractivity contribution in [3.8, 4) is 0 Å². The summed E-state index contributed by atoms with van der Waals surface area (Å²) in [7, 11) is 9.75. The second-order valence-corrected chi connectivity index (χ2v) is 3.48. The summed E-state index contributed by atoms with van der Waals surface area (Å²) in [6, 6.07) is 0. The fraction of sp³-hybridized carbons (Fsp3) is 0. The van der Waals surface area contributed by atoms with Crippen LogP contribution in [0.4, 0.5) is 0 Å². The molecule has 0 saturated carbocycles. The van der Waals surface area contributed by atoms with E-state index in [1.807, 2.05) is 0 Å². The standard InChI is InChI=1S/2ClH.2HNO2.Pt/c;;2*2-1-3;/h2*1H;2*(H,2,3);/q;;;;+2/p-4. The van der Waals surface area contributed by atoms with Gasteiger partial charge < -0.3 is 20.2 Å². The fourth-order valence-electron chi connectivity index (χ4n) is 0. The van der Waals surface area contributed by atoms with Crippen LogP contribution in [-0.2, 0) is 16.5 Å². The zero-order valence-corrected chi connectivity index (χ0v) is 7.38. The summed E-state index contributed by atoms with van der Waals surface area (Å²) >= 11 is -0.472. The molecular weight excluding hydrogens is 358 g/mol. The van der Waals surface area contributed by atoms with Crippen LogP contribution in [0.3, 0.4) is 0 Å². The maximum atomic E-state index is 8.00. The molecule has 0 rings (SSSR count). The molecule has 0 aromatic heterocycles. The molecule has 0 fully saturated rings. The Hall–Kier alpha value is 0.0683. The third-order valence-electron chi connectivity index (χ3n) is 0. The summed E-state index contributed by atoms with van der Waals surface area (Å²) in [6.07, 6.45) is 0. The van der Waals surface area contributed by atoms with Gasteiger partial charge in [-0.2, -0.15) is 0 Å². The van der Waals surface area contributed by atoms with Crippen LogP contribution in [0.2, 0.25) is 0 Å². The Morgan fingerprint density at radius 1 is 1.11 bits per heavy atom. The molecule has 0 atom stereocenters. The predicted molar refractivity (Wildman–Crippen MR) is 30.0 cm³/mol. The fourth-order valence-corrected chi connectivity index (χ4v) is 0. The van der Waals surface area contributed by atoms with Gasteiger partial charge >= 0.3 is 35.3 Å². The third kappa shape index (κ3) is 63700. The van der Waals surface area contributed by atoms with Crippen LogP contribution in [0.15, 0.2) is 10.7 Å². The van der Waals surface area contributed by atoms with Gasteiger partial charge in [0.15, 0.2) is 0 Å². The molecule has 0 spiro atoms. The Labute approximate surface area is 66.4 Å². The van der Waals surface area contributed by atoms with Crippen molar-refractivity contribution in [1.82, 2.24) is 0 Å². The SMILES string of the molecule is O=N[O-].O=N[O-].[Cl][Pt][Cl]. The Morgan fingerprint density at radius 2 is 1.11 bits per heavy atom. The van der Waals surface area contributed by atoms with Crippen LogP contribution in [0, 0.1) is 20.2 Å². The second kappa shape index (κ2) is 42.8. The van der Waals surface area contributed by atoms with Gasteiger partial charge in [0.2, 0.25) is 0 Å². The maximum absolute atomic E-state index is 8.00. The average molecular weight is 358 g/mol. The second-order valence-electron chi connectivity index (χ2n) is 0.194. The summed E-state index contributed by atoms with van der Waals surface area (Å²) in [4.78, 5) is 16.0. The number of nitrogens with zero attached hydrogens (tertiary/aromatic N) is 2. The van der Waals surface area contributed by atoms with Gasteiger partial charge in [-0.3, -0.25) is 0 Å². The quantitative estimate of drug-likeness (QED) is 0.487. The van der Waals surface area contributed by atoms with E-state index < -0.39 is 16.5 Å². The third-order valence-corrected chi connectivity index (χ3v) is 0. The molecule has 0 saturated heterocycles. The Balaban J connectivity index is -0.0000000600. The van der Waals surface area contributed by atoms with E-state index in [0.29, 0.717) is 0 Å². The first-order valence-electron chi connectivity index (χ1n) is 0.969. The minimum absolute atomic E-state index is 0.472. The topological polar surface area (TPSA) is 105 Å². The van der Waals surface area contributed by atoms with Crippen LogP contribution in [0.5, 0.6) is 0 Å². The zero-order valence-electron chi connectivity index (χ0n) is 3.60.